The Kier molecular flexibility index (Phi) is 4.08. The van der Waals surface area contributed by atoms with Crippen molar-refractivity contribution in [2.24, 2.45) is 4.99 Å². The van der Waals surface area contributed by atoms with Crippen LogP contribution in [-0.4, -0.2) is 6.21 Å². The monoisotopic (exact) mass is 235 g/mol. The van der Waals surface area contributed by atoms with E-state index in [-0.39, 0.29) is 0 Å². The molecule has 2 aromatic carbocycles. The van der Waals surface area contributed by atoms with E-state index >= 15 is 0 Å². The first-order valence-corrected chi connectivity index (χ1v) is 6.12. The minimum absolute atomic E-state index is 0.979. The number of rotatable bonds is 3. The summed E-state index contributed by atoms with van der Waals surface area (Å²) in [6.45, 7) is 4.09. The summed E-state index contributed by atoms with van der Waals surface area (Å²) in [5.41, 5.74) is 4.69. The van der Waals surface area contributed by atoms with E-state index in [1.54, 1.807) is 0 Å². The topological polar surface area (TPSA) is 12.4 Å². The molecule has 0 saturated carbocycles. The Morgan fingerprint density at radius 3 is 2.39 bits per heavy atom. The molecule has 0 radical (unpaired) electrons. The lowest BCUT2D eigenvalue weighted by Crippen LogP contribution is -1.79. The highest BCUT2D eigenvalue weighted by molar-refractivity contribution is 5.76. The maximum Gasteiger partial charge on any atom is 0.0635 e. The SMILES string of the molecule is C/C=C\C=Nc1cccc(-c2cccc(C)c2)c1. The molecule has 0 aromatic heterocycles. The van der Waals surface area contributed by atoms with Crippen molar-refractivity contribution in [3.8, 4) is 11.1 Å². The molecular weight excluding hydrogens is 218 g/mol. The first-order chi connectivity index (χ1) is 8.79. The molecule has 1 nitrogen and oxygen atoms in total. The molecule has 0 aliphatic carbocycles. The lowest BCUT2D eigenvalue weighted by Gasteiger charge is -2.03. The van der Waals surface area contributed by atoms with Gasteiger partial charge in [-0.05, 0) is 43.2 Å². The predicted octanol–water partition coefficient (Wildman–Crippen LogP) is 4.94. The van der Waals surface area contributed by atoms with E-state index < -0.39 is 0 Å². The highest BCUT2D eigenvalue weighted by Gasteiger charge is 1.98. The molecule has 0 bridgehead atoms. The summed E-state index contributed by atoms with van der Waals surface area (Å²) >= 11 is 0. The molecule has 90 valence electrons. The standard InChI is InChI=1S/C17H17N/c1-3-4-11-18-17-10-6-9-16(13-17)15-8-5-7-14(2)12-15/h3-13H,1-2H3/b4-3-,18-11?. The Bertz CT molecular complexity index is 580. The smallest absolute Gasteiger partial charge is 0.0635 e. The molecule has 2 rings (SSSR count). The molecule has 0 N–H and O–H groups in total. The van der Waals surface area contributed by atoms with Crippen molar-refractivity contribution in [1.29, 1.82) is 0 Å². The fourth-order valence-corrected chi connectivity index (χ4v) is 1.81. The van der Waals surface area contributed by atoms with Crippen LogP contribution < -0.4 is 0 Å². The molecule has 0 fully saturated rings. The minimum Gasteiger partial charge on any atom is -0.257 e. The van der Waals surface area contributed by atoms with Crippen LogP contribution in [0.1, 0.15) is 12.5 Å². The third-order valence-electron chi connectivity index (χ3n) is 2.70. The molecule has 18 heavy (non-hydrogen) atoms. The summed E-state index contributed by atoms with van der Waals surface area (Å²) in [5.74, 6) is 0. The van der Waals surface area contributed by atoms with Crippen LogP contribution in [0.5, 0.6) is 0 Å². The molecule has 0 saturated heterocycles. The normalized spacial score (nSPS) is 11.4. The molecule has 0 heterocycles. The third kappa shape index (κ3) is 3.17. The number of aryl methyl sites for hydroxylation is 1. The van der Waals surface area contributed by atoms with Gasteiger partial charge < -0.3 is 0 Å². The Balaban J connectivity index is 2.32. The Morgan fingerprint density at radius 1 is 0.944 bits per heavy atom. The lowest BCUT2D eigenvalue weighted by atomic mass is 10.0. The zero-order valence-electron chi connectivity index (χ0n) is 10.8. The van der Waals surface area contributed by atoms with Crippen molar-refractivity contribution < 1.29 is 0 Å². The van der Waals surface area contributed by atoms with Gasteiger partial charge in [0.05, 0.1) is 5.69 Å². The largest absolute Gasteiger partial charge is 0.257 e. The average molecular weight is 235 g/mol. The highest BCUT2D eigenvalue weighted by Crippen LogP contribution is 2.24. The van der Waals surface area contributed by atoms with Crippen LogP contribution in [0.25, 0.3) is 11.1 Å². The predicted molar refractivity (Wildman–Crippen MR) is 79.6 cm³/mol. The zero-order valence-corrected chi connectivity index (χ0v) is 10.8. The molecule has 0 unspecified atom stereocenters. The summed E-state index contributed by atoms with van der Waals surface area (Å²) in [4.78, 5) is 4.39. The molecule has 0 spiro atoms. The molecule has 2 aromatic rings. The van der Waals surface area contributed by atoms with Gasteiger partial charge in [-0.3, -0.25) is 4.99 Å². The number of allylic oxidation sites excluding steroid dienone is 2. The second-order valence-corrected chi connectivity index (χ2v) is 4.22. The maximum absolute atomic E-state index is 4.39. The van der Waals surface area contributed by atoms with E-state index in [1.165, 1.54) is 16.7 Å². The Labute approximate surface area is 109 Å². The molecule has 1 heteroatoms. The van der Waals surface area contributed by atoms with E-state index in [4.69, 9.17) is 0 Å². The van der Waals surface area contributed by atoms with Crippen LogP contribution in [0.4, 0.5) is 5.69 Å². The number of benzene rings is 2. The number of nitrogens with zero attached hydrogens (tertiary/aromatic N) is 1. The Hall–Kier alpha value is -2.15. The second-order valence-electron chi connectivity index (χ2n) is 4.22. The number of aliphatic imine (C=N–C) groups is 1. The van der Waals surface area contributed by atoms with Gasteiger partial charge in [-0.25, -0.2) is 0 Å². The van der Waals surface area contributed by atoms with Crippen molar-refractivity contribution in [1.82, 2.24) is 0 Å². The van der Waals surface area contributed by atoms with E-state index in [9.17, 15) is 0 Å². The van der Waals surface area contributed by atoms with Gasteiger partial charge in [-0.2, -0.15) is 0 Å². The lowest BCUT2D eigenvalue weighted by molar-refractivity contribution is 1.46. The molecular formula is C17H17N. The van der Waals surface area contributed by atoms with Gasteiger partial charge >= 0.3 is 0 Å². The molecule has 0 aliphatic heterocycles. The summed E-state index contributed by atoms with van der Waals surface area (Å²) in [6, 6.07) is 16.8. The summed E-state index contributed by atoms with van der Waals surface area (Å²) in [6.07, 6.45) is 5.71. The molecule has 0 aliphatic rings. The van der Waals surface area contributed by atoms with Crippen LogP contribution in [0.2, 0.25) is 0 Å². The average Bonchev–Trinajstić information content (AvgIpc) is 2.39. The van der Waals surface area contributed by atoms with E-state index in [1.807, 2.05) is 37.4 Å². The van der Waals surface area contributed by atoms with Crippen molar-refractivity contribution >= 4 is 11.9 Å². The first kappa shape index (κ1) is 12.3. The maximum atomic E-state index is 4.39. The van der Waals surface area contributed by atoms with Gasteiger partial charge in [0, 0.05) is 6.21 Å². The quantitative estimate of drug-likeness (QED) is 0.668. The van der Waals surface area contributed by atoms with E-state index in [0.717, 1.165) is 5.69 Å². The van der Waals surface area contributed by atoms with Crippen molar-refractivity contribution in [3.05, 3.63) is 66.2 Å². The fraction of sp³-hybridized carbons (Fsp3) is 0.118. The van der Waals surface area contributed by atoms with Gasteiger partial charge in [-0.1, -0.05) is 48.0 Å². The summed E-state index contributed by atoms with van der Waals surface area (Å²) in [7, 11) is 0. The van der Waals surface area contributed by atoms with Crippen molar-refractivity contribution in [2.75, 3.05) is 0 Å². The van der Waals surface area contributed by atoms with E-state index in [2.05, 4.69) is 48.3 Å². The van der Waals surface area contributed by atoms with Gasteiger partial charge in [0.1, 0.15) is 0 Å². The minimum atomic E-state index is 0.979. The van der Waals surface area contributed by atoms with Crippen LogP contribution in [0, 0.1) is 6.92 Å². The number of hydrogen-bond acceptors (Lipinski definition) is 1. The summed E-state index contributed by atoms with van der Waals surface area (Å²) < 4.78 is 0. The third-order valence-corrected chi connectivity index (χ3v) is 2.70. The second kappa shape index (κ2) is 5.97. The van der Waals surface area contributed by atoms with E-state index in [0.29, 0.717) is 0 Å². The fourth-order valence-electron chi connectivity index (χ4n) is 1.81. The van der Waals surface area contributed by atoms with Crippen LogP contribution in [0.15, 0.2) is 65.7 Å². The molecule has 0 atom stereocenters. The van der Waals surface area contributed by atoms with Crippen molar-refractivity contribution in [2.45, 2.75) is 13.8 Å². The molecule has 0 amide bonds. The van der Waals surface area contributed by atoms with Crippen LogP contribution in [-0.2, 0) is 0 Å². The van der Waals surface area contributed by atoms with Gasteiger partial charge in [-0.15, -0.1) is 0 Å². The van der Waals surface area contributed by atoms with Gasteiger partial charge in [0.2, 0.25) is 0 Å². The first-order valence-electron chi connectivity index (χ1n) is 6.12. The Morgan fingerprint density at radius 2 is 1.67 bits per heavy atom. The summed E-state index contributed by atoms with van der Waals surface area (Å²) in [5, 5.41) is 0. The van der Waals surface area contributed by atoms with Gasteiger partial charge in [0.25, 0.3) is 0 Å². The van der Waals surface area contributed by atoms with Crippen LogP contribution >= 0.6 is 0 Å². The van der Waals surface area contributed by atoms with Crippen LogP contribution in [0.3, 0.4) is 0 Å². The van der Waals surface area contributed by atoms with Gasteiger partial charge in [0.15, 0.2) is 0 Å². The highest BCUT2D eigenvalue weighted by atomic mass is 14.7. The number of hydrogen-bond donors (Lipinski definition) is 0. The zero-order chi connectivity index (χ0) is 12.8. The van der Waals surface area contributed by atoms with Crippen molar-refractivity contribution in [3.63, 3.8) is 0 Å².